The standard InChI is InChI=1S/C10H11N/c1-7-6-9-4-3-5-11-10(9)8(7)2/h3-5,7H,2,6H2,1H3. The molecule has 1 nitrogen and oxygen atoms in total. The highest BCUT2D eigenvalue weighted by Crippen LogP contribution is 2.33. The maximum atomic E-state index is 4.29. The summed E-state index contributed by atoms with van der Waals surface area (Å²) in [6, 6.07) is 4.13. The van der Waals surface area contributed by atoms with Crippen LogP contribution in [0.4, 0.5) is 0 Å². The van der Waals surface area contributed by atoms with Gasteiger partial charge in [0, 0.05) is 6.20 Å². The van der Waals surface area contributed by atoms with Gasteiger partial charge in [-0.2, -0.15) is 0 Å². The molecule has 0 radical (unpaired) electrons. The van der Waals surface area contributed by atoms with E-state index in [1.54, 1.807) is 0 Å². The lowest BCUT2D eigenvalue weighted by atomic mass is 10.1. The van der Waals surface area contributed by atoms with Gasteiger partial charge in [0.2, 0.25) is 0 Å². The summed E-state index contributed by atoms with van der Waals surface area (Å²) >= 11 is 0. The van der Waals surface area contributed by atoms with Crippen LogP contribution in [-0.4, -0.2) is 4.98 Å². The average molecular weight is 145 g/mol. The second-order valence-corrected chi connectivity index (χ2v) is 3.14. The molecule has 0 saturated heterocycles. The summed E-state index contributed by atoms with van der Waals surface area (Å²) in [6.07, 6.45) is 2.95. The molecule has 1 aliphatic carbocycles. The van der Waals surface area contributed by atoms with E-state index in [1.165, 1.54) is 11.1 Å². The monoisotopic (exact) mass is 145 g/mol. The molecule has 1 unspecified atom stereocenters. The predicted molar refractivity (Wildman–Crippen MR) is 46.1 cm³/mol. The number of aromatic nitrogens is 1. The van der Waals surface area contributed by atoms with Crippen molar-refractivity contribution in [2.75, 3.05) is 0 Å². The summed E-state index contributed by atoms with van der Waals surface area (Å²) in [5.74, 6) is 0.583. The number of pyridine rings is 1. The topological polar surface area (TPSA) is 12.9 Å². The van der Waals surface area contributed by atoms with Gasteiger partial charge >= 0.3 is 0 Å². The zero-order valence-corrected chi connectivity index (χ0v) is 6.67. The zero-order valence-electron chi connectivity index (χ0n) is 6.67. The molecule has 1 aromatic rings. The van der Waals surface area contributed by atoms with Crippen LogP contribution in [0.1, 0.15) is 18.2 Å². The minimum Gasteiger partial charge on any atom is -0.256 e. The molecule has 11 heavy (non-hydrogen) atoms. The molecule has 0 N–H and O–H groups in total. The van der Waals surface area contributed by atoms with Gasteiger partial charge < -0.3 is 0 Å². The Morgan fingerprint density at radius 1 is 1.64 bits per heavy atom. The molecular weight excluding hydrogens is 134 g/mol. The first kappa shape index (κ1) is 6.59. The zero-order chi connectivity index (χ0) is 7.84. The number of rotatable bonds is 0. The Hall–Kier alpha value is -1.11. The molecule has 1 aromatic heterocycles. The highest BCUT2D eigenvalue weighted by molar-refractivity contribution is 5.69. The molecule has 0 aliphatic heterocycles. The fourth-order valence-corrected chi connectivity index (χ4v) is 1.58. The molecule has 0 bridgehead atoms. The Morgan fingerprint density at radius 2 is 2.45 bits per heavy atom. The quantitative estimate of drug-likeness (QED) is 0.545. The number of fused-ring (bicyclic) bond motifs is 1. The molecule has 0 aromatic carbocycles. The first-order chi connectivity index (χ1) is 5.29. The molecule has 1 aliphatic rings. The Balaban J connectivity index is 2.55. The van der Waals surface area contributed by atoms with Gasteiger partial charge in [-0.25, -0.2) is 0 Å². The minimum absolute atomic E-state index is 0.583. The van der Waals surface area contributed by atoms with Crippen molar-refractivity contribution in [2.24, 2.45) is 5.92 Å². The summed E-state index contributed by atoms with van der Waals surface area (Å²) in [4.78, 5) is 4.29. The van der Waals surface area contributed by atoms with Gasteiger partial charge in [-0.1, -0.05) is 19.6 Å². The van der Waals surface area contributed by atoms with E-state index in [0.29, 0.717) is 5.92 Å². The van der Waals surface area contributed by atoms with Gasteiger partial charge in [-0.3, -0.25) is 4.98 Å². The largest absolute Gasteiger partial charge is 0.256 e. The van der Waals surface area contributed by atoms with E-state index >= 15 is 0 Å². The lowest BCUT2D eigenvalue weighted by Gasteiger charge is -1.99. The lowest BCUT2D eigenvalue weighted by molar-refractivity contribution is 0.782. The molecule has 56 valence electrons. The normalized spacial score (nSPS) is 21.9. The van der Waals surface area contributed by atoms with Gasteiger partial charge in [-0.05, 0) is 29.5 Å². The van der Waals surface area contributed by atoms with Crippen molar-refractivity contribution in [1.29, 1.82) is 0 Å². The van der Waals surface area contributed by atoms with Crippen LogP contribution in [0.2, 0.25) is 0 Å². The Labute approximate surface area is 66.8 Å². The molecule has 1 atom stereocenters. The molecule has 2 rings (SSSR count). The van der Waals surface area contributed by atoms with Crippen LogP contribution >= 0.6 is 0 Å². The first-order valence-corrected chi connectivity index (χ1v) is 3.92. The van der Waals surface area contributed by atoms with Gasteiger partial charge in [0.15, 0.2) is 0 Å². The third kappa shape index (κ3) is 0.881. The van der Waals surface area contributed by atoms with Crippen molar-refractivity contribution in [2.45, 2.75) is 13.3 Å². The second-order valence-electron chi connectivity index (χ2n) is 3.14. The van der Waals surface area contributed by atoms with Gasteiger partial charge in [-0.15, -0.1) is 0 Å². The average Bonchev–Trinajstić information content (AvgIpc) is 2.30. The van der Waals surface area contributed by atoms with Gasteiger partial charge in [0.1, 0.15) is 0 Å². The van der Waals surface area contributed by atoms with Crippen molar-refractivity contribution in [1.82, 2.24) is 4.98 Å². The summed E-state index contributed by atoms with van der Waals surface area (Å²) in [6.45, 7) is 6.21. The molecule has 0 fully saturated rings. The van der Waals surface area contributed by atoms with Crippen molar-refractivity contribution < 1.29 is 0 Å². The van der Waals surface area contributed by atoms with Crippen LogP contribution in [0.15, 0.2) is 24.9 Å². The number of nitrogens with zero attached hydrogens (tertiary/aromatic N) is 1. The van der Waals surface area contributed by atoms with E-state index in [-0.39, 0.29) is 0 Å². The highest BCUT2D eigenvalue weighted by Gasteiger charge is 2.21. The summed E-state index contributed by atoms with van der Waals surface area (Å²) in [7, 11) is 0. The third-order valence-electron chi connectivity index (χ3n) is 2.32. The van der Waals surface area contributed by atoms with Crippen molar-refractivity contribution >= 4 is 5.57 Å². The highest BCUT2D eigenvalue weighted by atomic mass is 14.7. The molecule has 0 spiro atoms. The Morgan fingerprint density at radius 3 is 3.18 bits per heavy atom. The van der Waals surface area contributed by atoms with Crippen molar-refractivity contribution in [3.05, 3.63) is 36.2 Å². The maximum Gasteiger partial charge on any atom is 0.0690 e. The number of hydrogen-bond donors (Lipinski definition) is 0. The number of hydrogen-bond acceptors (Lipinski definition) is 1. The fraction of sp³-hybridized carbons (Fsp3) is 0.300. The molecule has 1 heteroatoms. The summed E-state index contributed by atoms with van der Waals surface area (Å²) < 4.78 is 0. The predicted octanol–water partition coefficient (Wildman–Crippen LogP) is 2.29. The molecule has 0 saturated carbocycles. The molecule has 1 heterocycles. The van der Waals surface area contributed by atoms with Crippen LogP contribution in [0.3, 0.4) is 0 Å². The van der Waals surface area contributed by atoms with Crippen molar-refractivity contribution in [3.8, 4) is 0 Å². The minimum atomic E-state index is 0.583. The van der Waals surface area contributed by atoms with E-state index in [0.717, 1.165) is 12.1 Å². The fourth-order valence-electron chi connectivity index (χ4n) is 1.58. The SMILES string of the molecule is C=C1c2ncccc2CC1C. The number of allylic oxidation sites excluding steroid dienone is 1. The van der Waals surface area contributed by atoms with Crippen LogP contribution in [0.5, 0.6) is 0 Å². The Bertz CT molecular complexity index is 301. The van der Waals surface area contributed by atoms with E-state index in [4.69, 9.17) is 0 Å². The summed E-state index contributed by atoms with van der Waals surface area (Å²) in [5.41, 5.74) is 3.67. The third-order valence-corrected chi connectivity index (χ3v) is 2.32. The summed E-state index contributed by atoms with van der Waals surface area (Å²) in [5, 5.41) is 0. The van der Waals surface area contributed by atoms with E-state index in [2.05, 4.69) is 24.6 Å². The van der Waals surface area contributed by atoms with E-state index < -0.39 is 0 Å². The van der Waals surface area contributed by atoms with Crippen LogP contribution < -0.4 is 0 Å². The van der Waals surface area contributed by atoms with Gasteiger partial charge in [0.05, 0.1) is 5.69 Å². The van der Waals surface area contributed by atoms with E-state index in [9.17, 15) is 0 Å². The van der Waals surface area contributed by atoms with Gasteiger partial charge in [0.25, 0.3) is 0 Å². The van der Waals surface area contributed by atoms with Crippen LogP contribution in [-0.2, 0) is 6.42 Å². The second kappa shape index (κ2) is 2.19. The Kier molecular flexibility index (Phi) is 1.31. The van der Waals surface area contributed by atoms with Crippen LogP contribution in [0.25, 0.3) is 5.57 Å². The smallest absolute Gasteiger partial charge is 0.0690 e. The van der Waals surface area contributed by atoms with E-state index in [1.807, 2.05) is 12.3 Å². The first-order valence-electron chi connectivity index (χ1n) is 3.92. The van der Waals surface area contributed by atoms with Crippen molar-refractivity contribution in [3.63, 3.8) is 0 Å². The molecule has 0 amide bonds. The lowest BCUT2D eigenvalue weighted by Crippen LogP contribution is -1.88. The maximum absolute atomic E-state index is 4.29. The van der Waals surface area contributed by atoms with Crippen LogP contribution in [0, 0.1) is 5.92 Å². The molecular formula is C10H11N.